The average molecular weight is 248 g/mol. The van der Waals surface area contributed by atoms with Gasteiger partial charge in [0.05, 0.1) is 0 Å². The molecule has 0 aliphatic heterocycles. The van der Waals surface area contributed by atoms with Gasteiger partial charge in [-0.3, -0.25) is 0 Å². The van der Waals surface area contributed by atoms with E-state index in [0.717, 1.165) is 17.5 Å². The minimum Gasteiger partial charge on any atom is -0.220 e. The number of benzene rings is 1. The largest absolute Gasteiger partial charge is 0.220 e. The molecule has 0 saturated heterocycles. The quantitative estimate of drug-likeness (QED) is 0.763. The molecule has 17 heavy (non-hydrogen) atoms. The lowest BCUT2D eigenvalue weighted by atomic mass is 10.2. The Morgan fingerprint density at radius 1 is 1.24 bits per heavy atom. The second-order valence-electron chi connectivity index (χ2n) is 4.31. The predicted octanol–water partition coefficient (Wildman–Crippen LogP) is 2.62. The molecule has 90 valence electrons. The maximum atomic E-state index is 4.05. The lowest BCUT2D eigenvalue weighted by Crippen LogP contribution is -2.07. The first kappa shape index (κ1) is 12.1. The molecule has 5 heteroatoms. The van der Waals surface area contributed by atoms with Crippen molar-refractivity contribution in [1.82, 2.24) is 20.2 Å². The van der Waals surface area contributed by atoms with E-state index < -0.39 is 0 Å². The van der Waals surface area contributed by atoms with Crippen LogP contribution in [0.25, 0.3) is 0 Å². The molecule has 1 aromatic heterocycles. The number of rotatable bonds is 5. The SMILES string of the molecule is CC(C)Cn1nnnc1SCc1ccccc1. The van der Waals surface area contributed by atoms with Crippen LogP contribution in [0.1, 0.15) is 19.4 Å². The van der Waals surface area contributed by atoms with Crippen LogP contribution in [0.15, 0.2) is 35.5 Å². The summed E-state index contributed by atoms with van der Waals surface area (Å²) in [4.78, 5) is 0. The van der Waals surface area contributed by atoms with Gasteiger partial charge in [-0.25, -0.2) is 4.68 Å². The number of aromatic nitrogens is 4. The fraction of sp³-hybridized carbons (Fsp3) is 0.417. The molecule has 0 bridgehead atoms. The Morgan fingerprint density at radius 2 is 2.00 bits per heavy atom. The molecule has 0 spiro atoms. The summed E-state index contributed by atoms with van der Waals surface area (Å²) in [5.41, 5.74) is 1.29. The molecule has 2 aromatic rings. The van der Waals surface area contributed by atoms with Gasteiger partial charge in [0.25, 0.3) is 0 Å². The van der Waals surface area contributed by atoms with Gasteiger partial charge in [0.15, 0.2) is 0 Å². The van der Waals surface area contributed by atoms with Crippen molar-refractivity contribution in [3.05, 3.63) is 35.9 Å². The van der Waals surface area contributed by atoms with Crippen molar-refractivity contribution in [1.29, 1.82) is 0 Å². The Labute approximate surface area is 105 Å². The van der Waals surface area contributed by atoms with Crippen LogP contribution in [-0.4, -0.2) is 20.2 Å². The van der Waals surface area contributed by atoms with Crippen LogP contribution in [0, 0.1) is 5.92 Å². The Kier molecular flexibility index (Phi) is 4.14. The summed E-state index contributed by atoms with van der Waals surface area (Å²) in [6.45, 7) is 5.19. The number of thioether (sulfide) groups is 1. The van der Waals surface area contributed by atoms with E-state index >= 15 is 0 Å². The number of hydrogen-bond acceptors (Lipinski definition) is 4. The summed E-state index contributed by atoms with van der Waals surface area (Å²) in [5.74, 6) is 1.45. The first-order valence-corrected chi connectivity index (χ1v) is 6.67. The molecule has 0 atom stereocenters. The van der Waals surface area contributed by atoms with E-state index in [9.17, 15) is 0 Å². The van der Waals surface area contributed by atoms with E-state index in [1.165, 1.54) is 5.56 Å². The maximum Gasteiger partial charge on any atom is 0.209 e. The minimum absolute atomic E-state index is 0.551. The maximum absolute atomic E-state index is 4.05. The molecule has 0 fully saturated rings. The van der Waals surface area contributed by atoms with Crippen LogP contribution in [0.5, 0.6) is 0 Å². The number of nitrogens with zero attached hydrogens (tertiary/aromatic N) is 4. The summed E-state index contributed by atoms with van der Waals surface area (Å²) >= 11 is 1.68. The van der Waals surface area contributed by atoms with Crippen LogP contribution in [0.3, 0.4) is 0 Å². The van der Waals surface area contributed by atoms with Crippen molar-refractivity contribution >= 4 is 11.8 Å². The van der Waals surface area contributed by atoms with Gasteiger partial charge in [0.1, 0.15) is 0 Å². The third kappa shape index (κ3) is 3.56. The average Bonchev–Trinajstić information content (AvgIpc) is 2.74. The van der Waals surface area contributed by atoms with Gasteiger partial charge in [-0.05, 0) is 21.9 Å². The van der Waals surface area contributed by atoms with Crippen LogP contribution >= 0.6 is 11.8 Å². The second kappa shape index (κ2) is 5.82. The highest BCUT2D eigenvalue weighted by Gasteiger charge is 2.08. The van der Waals surface area contributed by atoms with E-state index in [1.54, 1.807) is 11.8 Å². The van der Waals surface area contributed by atoms with Gasteiger partial charge in [0, 0.05) is 12.3 Å². The summed E-state index contributed by atoms with van der Waals surface area (Å²) < 4.78 is 1.87. The van der Waals surface area contributed by atoms with Crippen LogP contribution in [-0.2, 0) is 12.3 Å². The Morgan fingerprint density at radius 3 is 2.71 bits per heavy atom. The van der Waals surface area contributed by atoms with Gasteiger partial charge in [-0.15, -0.1) is 5.10 Å². The lowest BCUT2D eigenvalue weighted by molar-refractivity contribution is 0.446. The molecule has 2 rings (SSSR count). The summed E-state index contributed by atoms with van der Waals surface area (Å²) in [6, 6.07) is 10.4. The van der Waals surface area contributed by atoms with Gasteiger partial charge >= 0.3 is 0 Å². The molecule has 0 unspecified atom stereocenters. The highest BCUT2D eigenvalue weighted by molar-refractivity contribution is 7.98. The molecule has 0 aliphatic rings. The third-order valence-electron chi connectivity index (χ3n) is 2.25. The van der Waals surface area contributed by atoms with Crippen molar-refractivity contribution in [2.75, 3.05) is 0 Å². The van der Waals surface area contributed by atoms with E-state index in [4.69, 9.17) is 0 Å². The zero-order valence-corrected chi connectivity index (χ0v) is 10.9. The van der Waals surface area contributed by atoms with Gasteiger partial charge in [0.2, 0.25) is 5.16 Å². The van der Waals surface area contributed by atoms with Crippen molar-refractivity contribution < 1.29 is 0 Å². The molecule has 4 nitrogen and oxygen atoms in total. The highest BCUT2D eigenvalue weighted by Crippen LogP contribution is 2.20. The molecule has 0 saturated carbocycles. The molecule has 0 aliphatic carbocycles. The summed E-state index contributed by atoms with van der Waals surface area (Å²) in [5, 5.41) is 12.7. The van der Waals surface area contributed by atoms with Crippen LogP contribution in [0.2, 0.25) is 0 Å². The standard InChI is InChI=1S/C12H16N4S/c1-10(2)8-16-12(13-14-15-16)17-9-11-6-4-3-5-7-11/h3-7,10H,8-9H2,1-2H3. The topological polar surface area (TPSA) is 43.6 Å². The van der Waals surface area contributed by atoms with Gasteiger partial charge < -0.3 is 0 Å². The second-order valence-corrected chi connectivity index (χ2v) is 5.25. The fourth-order valence-electron chi connectivity index (χ4n) is 1.48. The number of tetrazole rings is 1. The molecule has 1 aromatic carbocycles. The zero-order chi connectivity index (χ0) is 12.1. The lowest BCUT2D eigenvalue weighted by Gasteiger charge is -2.06. The summed E-state index contributed by atoms with van der Waals surface area (Å²) in [6.07, 6.45) is 0. The van der Waals surface area contributed by atoms with E-state index in [-0.39, 0.29) is 0 Å². The minimum atomic E-state index is 0.551. The predicted molar refractivity (Wildman–Crippen MR) is 68.7 cm³/mol. The van der Waals surface area contributed by atoms with Crippen LogP contribution < -0.4 is 0 Å². The normalized spacial score (nSPS) is 11.0. The third-order valence-corrected chi connectivity index (χ3v) is 3.28. The van der Waals surface area contributed by atoms with Crippen molar-refractivity contribution in [2.24, 2.45) is 5.92 Å². The van der Waals surface area contributed by atoms with Gasteiger partial charge in [-0.2, -0.15) is 0 Å². The van der Waals surface area contributed by atoms with Crippen molar-refractivity contribution in [3.63, 3.8) is 0 Å². The molecule has 1 heterocycles. The Hall–Kier alpha value is -1.36. The smallest absolute Gasteiger partial charge is 0.209 e. The molecule has 0 N–H and O–H groups in total. The zero-order valence-electron chi connectivity index (χ0n) is 10.1. The molecule has 0 amide bonds. The molecular weight excluding hydrogens is 232 g/mol. The first-order chi connectivity index (χ1) is 8.25. The first-order valence-electron chi connectivity index (χ1n) is 5.68. The number of hydrogen-bond donors (Lipinski definition) is 0. The fourth-order valence-corrected chi connectivity index (χ4v) is 2.32. The van der Waals surface area contributed by atoms with Gasteiger partial charge in [-0.1, -0.05) is 55.9 Å². The van der Waals surface area contributed by atoms with E-state index in [2.05, 4.69) is 41.5 Å². The Balaban J connectivity index is 1.97. The van der Waals surface area contributed by atoms with Crippen molar-refractivity contribution in [2.45, 2.75) is 31.3 Å². The monoisotopic (exact) mass is 248 g/mol. The van der Waals surface area contributed by atoms with E-state index in [1.807, 2.05) is 22.9 Å². The molecular formula is C12H16N4S. The van der Waals surface area contributed by atoms with Crippen molar-refractivity contribution in [3.8, 4) is 0 Å². The molecule has 0 radical (unpaired) electrons. The van der Waals surface area contributed by atoms with Crippen LogP contribution in [0.4, 0.5) is 0 Å². The van der Waals surface area contributed by atoms with E-state index in [0.29, 0.717) is 5.92 Å². The summed E-state index contributed by atoms with van der Waals surface area (Å²) in [7, 11) is 0. The Bertz CT molecular complexity index is 453. The highest BCUT2D eigenvalue weighted by atomic mass is 32.2.